The van der Waals surface area contributed by atoms with Gasteiger partial charge in [-0.3, -0.25) is 9.58 Å². The van der Waals surface area contributed by atoms with Crippen LogP contribution in [0.15, 0.2) is 12.4 Å². The molecule has 0 spiro atoms. The van der Waals surface area contributed by atoms with Gasteiger partial charge in [0.1, 0.15) is 0 Å². The van der Waals surface area contributed by atoms with Crippen LogP contribution < -0.4 is 5.32 Å². The molecule has 0 amide bonds. The quantitative estimate of drug-likeness (QED) is 0.825. The molecule has 1 atom stereocenters. The van der Waals surface area contributed by atoms with E-state index in [2.05, 4.69) is 28.4 Å². The van der Waals surface area contributed by atoms with Crippen LogP contribution in [0.4, 0.5) is 0 Å². The largest absolute Gasteiger partial charge is 0.315 e. The molecule has 2 rings (SSSR count). The summed E-state index contributed by atoms with van der Waals surface area (Å²) < 4.78 is 1.88. The SMILES string of the molecule is CCN(Cc1cnn(C)c1)C1CCCNC1. The number of nitrogens with zero attached hydrogens (tertiary/aromatic N) is 3. The van der Waals surface area contributed by atoms with Gasteiger partial charge >= 0.3 is 0 Å². The molecule has 4 nitrogen and oxygen atoms in total. The molecule has 1 aliphatic heterocycles. The van der Waals surface area contributed by atoms with Crippen molar-refractivity contribution >= 4 is 0 Å². The van der Waals surface area contributed by atoms with Crippen molar-refractivity contribution in [1.82, 2.24) is 20.0 Å². The zero-order chi connectivity index (χ0) is 11.4. The average molecular weight is 222 g/mol. The molecule has 90 valence electrons. The van der Waals surface area contributed by atoms with Crippen LogP contribution in [0.5, 0.6) is 0 Å². The van der Waals surface area contributed by atoms with E-state index in [9.17, 15) is 0 Å². The topological polar surface area (TPSA) is 33.1 Å². The molecule has 0 saturated carbocycles. The minimum Gasteiger partial charge on any atom is -0.315 e. The van der Waals surface area contributed by atoms with Crippen molar-refractivity contribution in [2.45, 2.75) is 32.4 Å². The van der Waals surface area contributed by atoms with Gasteiger partial charge < -0.3 is 5.32 Å². The highest BCUT2D eigenvalue weighted by Crippen LogP contribution is 2.13. The molecule has 0 aliphatic carbocycles. The van der Waals surface area contributed by atoms with E-state index in [4.69, 9.17) is 0 Å². The van der Waals surface area contributed by atoms with Crippen LogP contribution in [0.3, 0.4) is 0 Å². The predicted molar refractivity (Wildman–Crippen MR) is 65.2 cm³/mol. The summed E-state index contributed by atoms with van der Waals surface area (Å²) in [7, 11) is 1.97. The van der Waals surface area contributed by atoms with Gasteiger partial charge in [0.05, 0.1) is 6.20 Å². The lowest BCUT2D eigenvalue weighted by molar-refractivity contribution is 0.166. The highest BCUT2D eigenvalue weighted by Gasteiger charge is 2.19. The van der Waals surface area contributed by atoms with Gasteiger partial charge in [-0.2, -0.15) is 5.10 Å². The Labute approximate surface area is 97.6 Å². The molecule has 1 unspecified atom stereocenters. The van der Waals surface area contributed by atoms with E-state index in [-0.39, 0.29) is 0 Å². The van der Waals surface area contributed by atoms with Crippen LogP contribution >= 0.6 is 0 Å². The van der Waals surface area contributed by atoms with Crippen LogP contribution in [-0.4, -0.2) is 40.4 Å². The Bertz CT molecular complexity index is 315. The van der Waals surface area contributed by atoms with Crippen LogP contribution in [0.2, 0.25) is 0 Å². The number of aromatic nitrogens is 2. The molecule has 1 fully saturated rings. The second-order valence-corrected chi connectivity index (χ2v) is 4.59. The van der Waals surface area contributed by atoms with Gasteiger partial charge in [0.15, 0.2) is 0 Å². The Morgan fingerprint density at radius 1 is 1.62 bits per heavy atom. The fourth-order valence-electron chi connectivity index (χ4n) is 2.43. The summed E-state index contributed by atoms with van der Waals surface area (Å²) in [6.45, 7) is 6.69. The Balaban J connectivity index is 1.94. The number of likely N-dealkylation sites (N-methyl/N-ethyl adjacent to an activating group) is 1. The van der Waals surface area contributed by atoms with Crippen molar-refractivity contribution in [3.63, 3.8) is 0 Å². The first kappa shape index (κ1) is 11.6. The third-order valence-corrected chi connectivity index (χ3v) is 3.34. The van der Waals surface area contributed by atoms with Crippen molar-refractivity contribution in [3.05, 3.63) is 18.0 Å². The lowest BCUT2D eigenvalue weighted by Gasteiger charge is -2.33. The van der Waals surface area contributed by atoms with E-state index in [1.807, 2.05) is 17.9 Å². The maximum Gasteiger partial charge on any atom is 0.0534 e. The third kappa shape index (κ3) is 2.83. The van der Waals surface area contributed by atoms with E-state index in [1.54, 1.807) is 0 Å². The summed E-state index contributed by atoms with van der Waals surface area (Å²) in [4.78, 5) is 2.54. The molecule has 4 heteroatoms. The van der Waals surface area contributed by atoms with E-state index in [1.165, 1.54) is 24.9 Å². The van der Waals surface area contributed by atoms with Crippen molar-refractivity contribution < 1.29 is 0 Å². The van der Waals surface area contributed by atoms with Gasteiger partial charge in [-0.1, -0.05) is 6.92 Å². The predicted octanol–water partition coefficient (Wildman–Crippen LogP) is 0.994. The number of aryl methyl sites for hydroxylation is 1. The van der Waals surface area contributed by atoms with Gasteiger partial charge in [-0.15, -0.1) is 0 Å². The summed E-state index contributed by atoms with van der Waals surface area (Å²) >= 11 is 0. The highest BCUT2D eigenvalue weighted by molar-refractivity contribution is 5.03. The van der Waals surface area contributed by atoms with Crippen molar-refractivity contribution in [2.24, 2.45) is 7.05 Å². The first-order valence-corrected chi connectivity index (χ1v) is 6.22. The molecule has 1 aromatic rings. The molecule has 0 radical (unpaired) electrons. The zero-order valence-electron chi connectivity index (χ0n) is 10.3. The molecular weight excluding hydrogens is 200 g/mol. The van der Waals surface area contributed by atoms with Crippen molar-refractivity contribution in [1.29, 1.82) is 0 Å². The summed E-state index contributed by atoms with van der Waals surface area (Å²) in [5.74, 6) is 0. The summed E-state index contributed by atoms with van der Waals surface area (Å²) in [6.07, 6.45) is 6.70. The lowest BCUT2D eigenvalue weighted by atomic mass is 10.1. The summed E-state index contributed by atoms with van der Waals surface area (Å²) in [5, 5.41) is 7.70. The molecule has 0 bridgehead atoms. The average Bonchev–Trinajstić information content (AvgIpc) is 2.73. The Kier molecular flexibility index (Phi) is 3.96. The van der Waals surface area contributed by atoms with Crippen LogP contribution in [0.25, 0.3) is 0 Å². The molecule has 0 aromatic carbocycles. The molecule has 1 aromatic heterocycles. The maximum absolute atomic E-state index is 4.22. The summed E-state index contributed by atoms with van der Waals surface area (Å²) in [5.41, 5.74) is 1.31. The van der Waals surface area contributed by atoms with E-state index < -0.39 is 0 Å². The molecule has 2 heterocycles. The van der Waals surface area contributed by atoms with E-state index in [0.717, 1.165) is 19.6 Å². The van der Waals surface area contributed by atoms with E-state index in [0.29, 0.717) is 6.04 Å². The second-order valence-electron chi connectivity index (χ2n) is 4.59. The zero-order valence-corrected chi connectivity index (χ0v) is 10.3. The first-order valence-electron chi connectivity index (χ1n) is 6.22. The molecule has 1 aliphatic rings. The molecule has 1 saturated heterocycles. The van der Waals surface area contributed by atoms with Gasteiger partial charge in [0, 0.05) is 37.9 Å². The number of hydrogen-bond acceptors (Lipinski definition) is 3. The van der Waals surface area contributed by atoms with E-state index >= 15 is 0 Å². The fourth-order valence-corrected chi connectivity index (χ4v) is 2.43. The first-order chi connectivity index (χ1) is 7.79. The van der Waals surface area contributed by atoms with Gasteiger partial charge in [-0.25, -0.2) is 0 Å². The normalized spacial score (nSPS) is 21.6. The number of rotatable bonds is 4. The van der Waals surface area contributed by atoms with Crippen LogP contribution in [-0.2, 0) is 13.6 Å². The second kappa shape index (κ2) is 5.46. The van der Waals surface area contributed by atoms with Gasteiger partial charge in [0.25, 0.3) is 0 Å². The van der Waals surface area contributed by atoms with Crippen molar-refractivity contribution in [2.75, 3.05) is 19.6 Å². The third-order valence-electron chi connectivity index (χ3n) is 3.34. The fraction of sp³-hybridized carbons (Fsp3) is 0.750. The molecule has 16 heavy (non-hydrogen) atoms. The standard InChI is InChI=1S/C12H22N4/c1-3-16(12-5-4-6-13-8-12)10-11-7-14-15(2)9-11/h7,9,12-13H,3-6,8,10H2,1-2H3. The van der Waals surface area contributed by atoms with Crippen LogP contribution in [0.1, 0.15) is 25.3 Å². The molecular formula is C12H22N4. The lowest BCUT2D eigenvalue weighted by Crippen LogP contribution is -2.45. The van der Waals surface area contributed by atoms with Gasteiger partial charge in [0.2, 0.25) is 0 Å². The smallest absolute Gasteiger partial charge is 0.0534 e. The Hall–Kier alpha value is -0.870. The summed E-state index contributed by atoms with van der Waals surface area (Å²) in [6, 6.07) is 0.693. The Morgan fingerprint density at radius 3 is 3.06 bits per heavy atom. The number of hydrogen-bond donors (Lipinski definition) is 1. The molecule has 1 N–H and O–H groups in total. The van der Waals surface area contributed by atoms with Crippen LogP contribution in [0, 0.1) is 0 Å². The maximum atomic E-state index is 4.22. The number of piperidine rings is 1. The van der Waals surface area contributed by atoms with Gasteiger partial charge in [-0.05, 0) is 25.9 Å². The highest BCUT2D eigenvalue weighted by atomic mass is 15.2. The monoisotopic (exact) mass is 222 g/mol. The number of nitrogens with one attached hydrogen (secondary N) is 1. The van der Waals surface area contributed by atoms with Crippen molar-refractivity contribution in [3.8, 4) is 0 Å². The Morgan fingerprint density at radius 2 is 2.50 bits per heavy atom. The minimum atomic E-state index is 0.693. The minimum absolute atomic E-state index is 0.693.